The van der Waals surface area contributed by atoms with Crippen LogP contribution in [0.2, 0.25) is 0 Å². The molecule has 4 rings (SSSR count). The van der Waals surface area contributed by atoms with E-state index in [0.717, 1.165) is 30.5 Å². The molecule has 0 bridgehead atoms. The van der Waals surface area contributed by atoms with Crippen molar-refractivity contribution < 1.29 is 4.74 Å². The van der Waals surface area contributed by atoms with Crippen molar-refractivity contribution in [2.75, 3.05) is 20.2 Å². The van der Waals surface area contributed by atoms with E-state index < -0.39 is 0 Å². The van der Waals surface area contributed by atoms with Crippen LogP contribution in [0.15, 0.2) is 10.4 Å². The third-order valence-electron chi connectivity index (χ3n) is 6.14. The Morgan fingerprint density at radius 2 is 2.24 bits per heavy atom. The Bertz CT molecular complexity index is 614. The summed E-state index contributed by atoms with van der Waals surface area (Å²) in [6.45, 7) is 3.86. The van der Waals surface area contributed by atoms with Crippen LogP contribution in [0, 0.1) is 18.3 Å². The summed E-state index contributed by atoms with van der Waals surface area (Å²) in [5.41, 5.74) is 1.53. The molecule has 140 valence electrons. The highest BCUT2D eigenvalue weighted by molar-refractivity contribution is 14.0. The number of ether oxygens (including phenoxy) is 1. The molecular weight excluding hydrogens is 447 g/mol. The lowest BCUT2D eigenvalue weighted by atomic mass is 9.54. The molecule has 1 aromatic heterocycles. The quantitative estimate of drug-likeness (QED) is 0.399. The van der Waals surface area contributed by atoms with Gasteiger partial charge in [-0.25, -0.2) is 4.98 Å². The lowest BCUT2D eigenvalue weighted by molar-refractivity contribution is -0.125. The van der Waals surface area contributed by atoms with Crippen molar-refractivity contribution in [1.82, 2.24) is 15.6 Å². The molecule has 3 unspecified atom stereocenters. The summed E-state index contributed by atoms with van der Waals surface area (Å²) in [6.07, 6.45) is 7.94. The fraction of sp³-hybridized carbons (Fsp3) is 0.778. The minimum absolute atomic E-state index is 0. The SMILES string of the molecule is CN=C(NCCc1csc(C)n1)NC1C2CCOC2C12CCCC2.I. The molecule has 1 aliphatic heterocycles. The fourth-order valence-corrected chi connectivity index (χ4v) is 5.73. The summed E-state index contributed by atoms with van der Waals surface area (Å²) in [7, 11) is 1.87. The third-order valence-corrected chi connectivity index (χ3v) is 6.96. The number of nitrogens with zero attached hydrogens (tertiary/aromatic N) is 2. The van der Waals surface area contributed by atoms with Crippen LogP contribution in [0.25, 0.3) is 0 Å². The van der Waals surface area contributed by atoms with Crippen LogP contribution in [-0.4, -0.2) is 43.3 Å². The Morgan fingerprint density at radius 3 is 2.92 bits per heavy atom. The van der Waals surface area contributed by atoms with Crippen LogP contribution in [0.1, 0.15) is 42.8 Å². The van der Waals surface area contributed by atoms with E-state index in [1.807, 2.05) is 7.05 Å². The molecule has 7 heteroatoms. The highest BCUT2D eigenvalue weighted by atomic mass is 127. The largest absolute Gasteiger partial charge is 0.377 e. The first-order chi connectivity index (χ1) is 11.7. The van der Waals surface area contributed by atoms with Crippen molar-refractivity contribution in [3.8, 4) is 0 Å². The molecule has 5 nitrogen and oxygen atoms in total. The molecule has 3 aliphatic rings. The maximum atomic E-state index is 6.07. The topological polar surface area (TPSA) is 58.5 Å². The normalized spacial score (nSPS) is 29.8. The van der Waals surface area contributed by atoms with Crippen LogP contribution in [0.3, 0.4) is 0 Å². The monoisotopic (exact) mass is 476 g/mol. The number of aryl methyl sites for hydroxylation is 1. The molecule has 1 aromatic rings. The van der Waals surface area contributed by atoms with Gasteiger partial charge in [0, 0.05) is 49.4 Å². The van der Waals surface area contributed by atoms with E-state index in [9.17, 15) is 0 Å². The second-order valence-corrected chi connectivity index (χ2v) is 8.48. The Kier molecular flexibility index (Phi) is 6.26. The number of nitrogens with one attached hydrogen (secondary N) is 2. The number of hydrogen-bond donors (Lipinski definition) is 2. The zero-order chi connectivity index (χ0) is 16.6. The molecule has 2 saturated carbocycles. The molecule has 0 aromatic carbocycles. The van der Waals surface area contributed by atoms with Crippen LogP contribution >= 0.6 is 35.3 Å². The maximum Gasteiger partial charge on any atom is 0.191 e. The van der Waals surface area contributed by atoms with Crippen LogP contribution in [0.4, 0.5) is 0 Å². The average molecular weight is 476 g/mol. The number of guanidine groups is 1. The molecule has 2 heterocycles. The van der Waals surface area contributed by atoms with E-state index in [1.54, 1.807) is 11.3 Å². The van der Waals surface area contributed by atoms with Gasteiger partial charge in [0.05, 0.1) is 16.8 Å². The number of rotatable bonds is 4. The van der Waals surface area contributed by atoms with Gasteiger partial charge in [-0.05, 0) is 26.2 Å². The van der Waals surface area contributed by atoms with Gasteiger partial charge in [-0.15, -0.1) is 35.3 Å². The van der Waals surface area contributed by atoms with Gasteiger partial charge >= 0.3 is 0 Å². The highest BCUT2D eigenvalue weighted by Crippen LogP contribution is 2.60. The van der Waals surface area contributed by atoms with E-state index in [2.05, 4.69) is 32.9 Å². The van der Waals surface area contributed by atoms with Crippen molar-refractivity contribution in [3.63, 3.8) is 0 Å². The van der Waals surface area contributed by atoms with E-state index in [4.69, 9.17) is 4.74 Å². The highest BCUT2D eigenvalue weighted by Gasteiger charge is 2.65. The van der Waals surface area contributed by atoms with Gasteiger partial charge in [0.2, 0.25) is 0 Å². The summed E-state index contributed by atoms with van der Waals surface area (Å²) in [6, 6.07) is 0.528. The summed E-state index contributed by atoms with van der Waals surface area (Å²) in [5.74, 6) is 1.60. The predicted octanol–water partition coefficient (Wildman–Crippen LogP) is 3.12. The fourth-order valence-electron chi connectivity index (χ4n) is 5.08. The maximum absolute atomic E-state index is 6.07. The zero-order valence-electron chi connectivity index (χ0n) is 15.1. The van der Waals surface area contributed by atoms with Crippen molar-refractivity contribution in [1.29, 1.82) is 0 Å². The molecular formula is C18H29IN4OS. The standard InChI is InChI=1S/C18H28N4OS.HI/c1-12-21-13(11-24-12)5-9-20-17(19-2)22-15-14-6-10-23-16(14)18(15)7-3-4-8-18;/h11,14-16H,3-10H2,1-2H3,(H2,19,20,22);1H. The van der Waals surface area contributed by atoms with Crippen LogP contribution < -0.4 is 10.6 Å². The number of fused-ring (bicyclic) bond motifs is 2. The number of aromatic nitrogens is 1. The summed E-state index contributed by atoms with van der Waals surface area (Å²) in [5, 5.41) is 10.5. The second kappa shape index (κ2) is 8.08. The zero-order valence-corrected chi connectivity index (χ0v) is 18.2. The molecule has 1 saturated heterocycles. The second-order valence-electron chi connectivity index (χ2n) is 7.41. The molecule has 25 heavy (non-hydrogen) atoms. The van der Waals surface area contributed by atoms with Gasteiger partial charge in [0.25, 0.3) is 0 Å². The van der Waals surface area contributed by atoms with Gasteiger partial charge in [0.15, 0.2) is 5.96 Å². The van der Waals surface area contributed by atoms with Crippen molar-refractivity contribution in [2.24, 2.45) is 16.3 Å². The van der Waals surface area contributed by atoms with Crippen LogP contribution in [-0.2, 0) is 11.2 Å². The van der Waals surface area contributed by atoms with Gasteiger partial charge < -0.3 is 15.4 Å². The molecule has 3 atom stereocenters. The number of halogens is 1. The Hall–Kier alpha value is -0.410. The summed E-state index contributed by atoms with van der Waals surface area (Å²) in [4.78, 5) is 8.98. The first kappa shape index (κ1) is 19.4. The lowest BCUT2D eigenvalue weighted by Gasteiger charge is -2.57. The minimum Gasteiger partial charge on any atom is -0.377 e. The first-order valence-electron chi connectivity index (χ1n) is 9.23. The molecule has 0 radical (unpaired) electrons. The molecule has 2 aliphatic carbocycles. The number of hydrogen-bond acceptors (Lipinski definition) is 4. The van der Waals surface area contributed by atoms with Gasteiger partial charge in [0.1, 0.15) is 0 Å². The van der Waals surface area contributed by atoms with Gasteiger partial charge in [-0.2, -0.15) is 0 Å². The van der Waals surface area contributed by atoms with E-state index in [0.29, 0.717) is 23.5 Å². The summed E-state index contributed by atoms with van der Waals surface area (Å²) >= 11 is 1.72. The number of aliphatic imine (C=N–C) groups is 1. The lowest BCUT2D eigenvalue weighted by Crippen LogP contribution is -2.69. The Balaban J connectivity index is 0.00000182. The minimum atomic E-state index is 0. The Morgan fingerprint density at radius 1 is 1.44 bits per heavy atom. The van der Waals surface area contributed by atoms with Crippen molar-refractivity contribution in [2.45, 2.75) is 57.6 Å². The van der Waals surface area contributed by atoms with E-state index in [-0.39, 0.29) is 24.0 Å². The summed E-state index contributed by atoms with van der Waals surface area (Å²) < 4.78 is 6.07. The molecule has 0 amide bonds. The van der Waals surface area contributed by atoms with Crippen molar-refractivity contribution >= 4 is 41.3 Å². The molecule has 2 N–H and O–H groups in total. The van der Waals surface area contributed by atoms with Crippen molar-refractivity contribution in [3.05, 3.63) is 16.1 Å². The first-order valence-corrected chi connectivity index (χ1v) is 10.1. The van der Waals surface area contributed by atoms with E-state index in [1.165, 1.54) is 37.8 Å². The molecule has 3 fully saturated rings. The van der Waals surface area contributed by atoms with Gasteiger partial charge in [-0.3, -0.25) is 4.99 Å². The Labute approximate surface area is 171 Å². The average Bonchev–Trinajstić information content (AvgIpc) is 3.30. The third kappa shape index (κ3) is 3.56. The smallest absolute Gasteiger partial charge is 0.191 e. The van der Waals surface area contributed by atoms with E-state index >= 15 is 0 Å². The van der Waals surface area contributed by atoms with Gasteiger partial charge in [-0.1, -0.05) is 12.8 Å². The molecule has 1 spiro atoms. The predicted molar refractivity (Wildman–Crippen MR) is 113 cm³/mol. The number of thiazole rings is 1. The van der Waals surface area contributed by atoms with Crippen LogP contribution in [0.5, 0.6) is 0 Å².